The molecular weight excluding hydrogens is 379 g/mol. The van der Waals surface area contributed by atoms with Gasteiger partial charge < -0.3 is 5.32 Å². The van der Waals surface area contributed by atoms with Crippen molar-refractivity contribution in [3.63, 3.8) is 0 Å². The second kappa shape index (κ2) is 7.20. The molecule has 0 aliphatic carbocycles. The van der Waals surface area contributed by atoms with E-state index in [-0.39, 0.29) is 5.81 Å². The highest BCUT2D eigenvalue weighted by molar-refractivity contribution is 7.98. The minimum Gasteiger partial charge on any atom is -0.361 e. The van der Waals surface area contributed by atoms with Gasteiger partial charge in [0.1, 0.15) is 5.03 Å². The number of aryl methyl sites for hydroxylation is 1. The van der Waals surface area contributed by atoms with Crippen LogP contribution in [-0.2, 0) is 13.6 Å². The van der Waals surface area contributed by atoms with E-state index in [2.05, 4.69) is 19.8 Å². The molecule has 0 fully saturated rings. The van der Waals surface area contributed by atoms with Gasteiger partial charge in [-0.15, -0.1) is 23.1 Å². The molecule has 27 heavy (non-hydrogen) atoms. The standard InChI is InChI=1S/C17H17BN6OS2/c1-23-8-11(6-21-23)13-7-19-15-16(26-2)22-12(9-24(13)15)14-10(3-4-27-14)5-20-17(18)25/h3-4,6-9H,5,18H2,1-2H3,(H,20,25). The summed E-state index contributed by atoms with van der Waals surface area (Å²) < 4.78 is 3.84. The van der Waals surface area contributed by atoms with Gasteiger partial charge in [-0.3, -0.25) is 13.9 Å². The Morgan fingerprint density at radius 1 is 1.37 bits per heavy atom. The molecule has 4 aromatic rings. The maximum Gasteiger partial charge on any atom is 0.215 e. The number of aromatic nitrogens is 5. The van der Waals surface area contributed by atoms with Gasteiger partial charge in [0.15, 0.2) is 11.5 Å². The number of imidazole rings is 1. The zero-order valence-corrected chi connectivity index (χ0v) is 16.8. The van der Waals surface area contributed by atoms with Gasteiger partial charge in [0.25, 0.3) is 0 Å². The summed E-state index contributed by atoms with van der Waals surface area (Å²) >= 11 is 3.18. The number of thioether (sulfide) groups is 1. The molecule has 1 amide bonds. The number of carbonyl (C=O) groups is 1. The smallest absolute Gasteiger partial charge is 0.215 e. The maximum absolute atomic E-state index is 11.3. The Hall–Kier alpha value is -2.59. The summed E-state index contributed by atoms with van der Waals surface area (Å²) in [6.45, 7) is 0.488. The van der Waals surface area contributed by atoms with Crippen molar-refractivity contribution < 1.29 is 4.79 Å². The van der Waals surface area contributed by atoms with Crippen LogP contribution in [0.2, 0.25) is 0 Å². The zero-order valence-electron chi connectivity index (χ0n) is 15.1. The van der Waals surface area contributed by atoms with Gasteiger partial charge in [-0.2, -0.15) is 5.10 Å². The minimum absolute atomic E-state index is 0.0474. The molecule has 0 radical (unpaired) electrons. The number of rotatable bonds is 5. The first kappa shape index (κ1) is 17.8. The first-order valence-corrected chi connectivity index (χ1v) is 10.4. The van der Waals surface area contributed by atoms with E-state index in [9.17, 15) is 4.79 Å². The first-order valence-electron chi connectivity index (χ1n) is 8.29. The molecule has 136 valence electrons. The molecule has 0 unspecified atom stereocenters. The Balaban J connectivity index is 1.85. The summed E-state index contributed by atoms with van der Waals surface area (Å²) in [6, 6.07) is 2.02. The lowest BCUT2D eigenvalue weighted by Crippen LogP contribution is -2.20. The third-order valence-corrected chi connectivity index (χ3v) is 5.80. The third-order valence-electron chi connectivity index (χ3n) is 4.16. The van der Waals surface area contributed by atoms with Crippen LogP contribution in [0.3, 0.4) is 0 Å². The van der Waals surface area contributed by atoms with Crippen molar-refractivity contribution >= 4 is 42.4 Å². The molecule has 0 aliphatic heterocycles. The van der Waals surface area contributed by atoms with E-state index >= 15 is 0 Å². The van der Waals surface area contributed by atoms with Crippen LogP contribution in [0.5, 0.6) is 0 Å². The van der Waals surface area contributed by atoms with Crippen LogP contribution in [0.1, 0.15) is 5.56 Å². The van der Waals surface area contributed by atoms with Crippen molar-refractivity contribution in [1.29, 1.82) is 0 Å². The van der Waals surface area contributed by atoms with Gasteiger partial charge in [-0.1, -0.05) is 0 Å². The third kappa shape index (κ3) is 3.37. The second-order valence-electron chi connectivity index (χ2n) is 6.06. The monoisotopic (exact) mass is 396 g/mol. The van der Waals surface area contributed by atoms with Crippen molar-refractivity contribution in [2.75, 3.05) is 6.26 Å². The molecule has 0 bridgehead atoms. The molecule has 0 saturated carbocycles. The van der Waals surface area contributed by atoms with Gasteiger partial charge in [-0.05, 0) is 23.3 Å². The first-order chi connectivity index (χ1) is 13.1. The minimum atomic E-state index is -0.0474. The maximum atomic E-state index is 11.3. The number of hydrogen-bond acceptors (Lipinski definition) is 6. The summed E-state index contributed by atoms with van der Waals surface area (Å²) in [5.74, 6) is -0.0474. The van der Waals surface area contributed by atoms with Crippen LogP contribution < -0.4 is 5.32 Å². The van der Waals surface area contributed by atoms with Gasteiger partial charge in [0.2, 0.25) is 7.85 Å². The van der Waals surface area contributed by atoms with Gasteiger partial charge in [-0.25, -0.2) is 9.97 Å². The Labute approximate surface area is 165 Å². The van der Waals surface area contributed by atoms with Crippen molar-refractivity contribution in [3.05, 3.63) is 41.8 Å². The van der Waals surface area contributed by atoms with Gasteiger partial charge in [0.05, 0.1) is 28.7 Å². The molecular formula is C17H17BN6OS2. The molecule has 10 heteroatoms. The highest BCUT2D eigenvalue weighted by atomic mass is 32.2. The molecule has 4 heterocycles. The number of thiophene rings is 1. The molecule has 4 aromatic heterocycles. The molecule has 4 rings (SSSR count). The van der Waals surface area contributed by atoms with Crippen LogP contribution in [0, 0.1) is 0 Å². The molecule has 0 aromatic carbocycles. The van der Waals surface area contributed by atoms with Crippen LogP contribution in [-0.4, -0.2) is 44.1 Å². The SMILES string of the molecule is BC(=O)NCc1ccsc1-c1cn2c(-c3cnn(C)c3)cnc2c(SC)n1. The molecule has 0 aliphatic rings. The number of carbonyl (C=O) groups excluding carboxylic acids is 1. The van der Waals surface area contributed by atoms with Crippen molar-refractivity contribution in [2.24, 2.45) is 7.05 Å². The van der Waals surface area contributed by atoms with Crippen LogP contribution in [0.25, 0.3) is 27.5 Å². The predicted molar refractivity (Wildman–Crippen MR) is 111 cm³/mol. The van der Waals surface area contributed by atoms with E-state index in [1.165, 1.54) is 7.85 Å². The van der Waals surface area contributed by atoms with Crippen molar-refractivity contribution in [1.82, 2.24) is 29.5 Å². The fraction of sp³-hybridized carbons (Fsp3) is 0.176. The second-order valence-corrected chi connectivity index (χ2v) is 7.77. The van der Waals surface area contributed by atoms with Gasteiger partial charge in [0, 0.05) is 31.5 Å². The lowest BCUT2D eigenvalue weighted by atomic mass is 10.1. The van der Waals surface area contributed by atoms with Crippen LogP contribution in [0.15, 0.2) is 41.3 Å². The quantitative estimate of drug-likeness (QED) is 0.414. The summed E-state index contributed by atoms with van der Waals surface area (Å²) in [5, 5.41) is 10.0. The largest absolute Gasteiger partial charge is 0.361 e. The summed E-state index contributed by atoms with van der Waals surface area (Å²) in [4.78, 5) is 21.7. The number of nitrogens with one attached hydrogen (secondary N) is 1. The Bertz CT molecular complexity index is 1130. The molecule has 7 nitrogen and oxygen atoms in total. The predicted octanol–water partition coefficient (Wildman–Crippen LogP) is 2.42. The Morgan fingerprint density at radius 2 is 2.22 bits per heavy atom. The Morgan fingerprint density at radius 3 is 2.93 bits per heavy atom. The lowest BCUT2D eigenvalue weighted by molar-refractivity contribution is 0.259. The molecule has 0 atom stereocenters. The van der Waals surface area contributed by atoms with E-state index < -0.39 is 0 Å². The lowest BCUT2D eigenvalue weighted by Gasteiger charge is -2.09. The van der Waals surface area contributed by atoms with E-state index in [1.807, 2.05) is 49.5 Å². The van der Waals surface area contributed by atoms with Crippen LogP contribution in [0.4, 0.5) is 4.79 Å². The summed E-state index contributed by atoms with van der Waals surface area (Å²) in [6.07, 6.45) is 9.65. The average Bonchev–Trinajstić information content (AvgIpc) is 3.37. The number of fused-ring (bicyclic) bond motifs is 1. The van der Waals surface area contributed by atoms with Crippen molar-refractivity contribution in [2.45, 2.75) is 11.6 Å². The van der Waals surface area contributed by atoms with Crippen LogP contribution >= 0.6 is 23.1 Å². The average molecular weight is 396 g/mol. The molecule has 0 spiro atoms. The highest BCUT2D eigenvalue weighted by Gasteiger charge is 2.16. The summed E-state index contributed by atoms with van der Waals surface area (Å²) in [5.41, 5.74) is 4.71. The molecule has 1 N–H and O–H groups in total. The van der Waals surface area contributed by atoms with E-state index in [4.69, 9.17) is 4.98 Å². The van der Waals surface area contributed by atoms with Gasteiger partial charge >= 0.3 is 0 Å². The topological polar surface area (TPSA) is 77.1 Å². The zero-order chi connectivity index (χ0) is 19.0. The van der Waals surface area contributed by atoms with E-state index in [0.29, 0.717) is 6.54 Å². The normalized spacial score (nSPS) is 11.2. The van der Waals surface area contributed by atoms with E-state index in [0.717, 1.165) is 38.1 Å². The highest BCUT2D eigenvalue weighted by Crippen LogP contribution is 2.32. The Kier molecular flexibility index (Phi) is 4.75. The number of amides is 1. The summed E-state index contributed by atoms with van der Waals surface area (Å²) in [7, 11) is 3.42. The fourth-order valence-electron chi connectivity index (χ4n) is 2.89. The van der Waals surface area contributed by atoms with Crippen molar-refractivity contribution in [3.8, 4) is 21.8 Å². The number of nitrogens with zero attached hydrogens (tertiary/aromatic N) is 5. The fourth-order valence-corrected chi connectivity index (χ4v) is 4.30. The van der Waals surface area contributed by atoms with E-state index in [1.54, 1.807) is 27.8 Å². The number of hydrogen-bond donors (Lipinski definition) is 1. The molecule has 0 saturated heterocycles.